The van der Waals surface area contributed by atoms with Crippen LogP contribution in [0.4, 0.5) is 14.5 Å². The van der Waals surface area contributed by atoms with Crippen molar-refractivity contribution in [1.29, 1.82) is 0 Å². The molecule has 0 spiro atoms. The van der Waals surface area contributed by atoms with Crippen LogP contribution < -0.4 is 4.90 Å². The van der Waals surface area contributed by atoms with Crippen molar-refractivity contribution >= 4 is 16.6 Å². The molecule has 0 atom stereocenters. The van der Waals surface area contributed by atoms with Crippen LogP contribution in [0.15, 0.2) is 18.3 Å². The smallest absolute Gasteiger partial charge is 0.172 e. The third-order valence-electron chi connectivity index (χ3n) is 3.45. The second-order valence-electron chi connectivity index (χ2n) is 4.64. The molecule has 0 N–H and O–H groups in total. The van der Waals surface area contributed by atoms with E-state index in [-0.39, 0.29) is 16.6 Å². The fourth-order valence-electron chi connectivity index (χ4n) is 2.44. The lowest BCUT2D eigenvalue weighted by atomic mass is 10.1. The van der Waals surface area contributed by atoms with Crippen molar-refractivity contribution in [2.24, 2.45) is 0 Å². The van der Waals surface area contributed by atoms with E-state index in [2.05, 4.69) is 4.98 Å². The minimum Gasteiger partial charge on any atom is -0.378 e. The molecule has 3 nitrogen and oxygen atoms in total. The molecule has 0 amide bonds. The Morgan fingerprint density at radius 3 is 2.74 bits per heavy atom. The summed E-state index contributed by atoms with van der Waals surface area (Å²) in [5.74, 6) is -0.884. The standard InChI is InChI=1S/C14H14F2N2O/c1-9-2-3-17-14-12(9)10(15)8-11(13(14)16)18-4-6-19-7-5-18/h2-3,8H,4-7H2,1H3. The first kappa shape index (κ1) is 12.3. The van der Waals surface area contributed by atoms with E-state index in [9.17, 15) is 8.78 Å². The highest BCUT2D eigenvalue weighted by Crippen LogP contribution is 2.30. The fourth-order valence-corrected chi connectivity index (χ4v) is 2.44. The van der Waals surface area contributed by atoms with Gasteiger partial charge >= 0.3 is 0 Å². The minimum atomic E-state index is -0.456. The summed E-state index contributed by atoms with van der Waals surface area (Å²) < 4.78 is 33.9. The topological polar surface area (TPSA) is 25.4 Å². The number of aromatic nitrogens is 1. The zero-order chi connectivity index (χ0) is 13.4. The Morgan fingerprint density at radius 1 is 1.26 bits per heavy atom. The van der Waals surface area contributed by atoms with Crippen molar-refractivity contribution in [2.75, 3.05) is 31.2 Å². The van der Waals surface area contributed by atoms with E-state index in [0.717, 1.165) is 0 Å². The van der Waals surface area contributed by atoms with Crippen molar-refractivity contribution in [2.45, 2.75) is 6.92 Å². The lowest BCUT2D eigenvalue weighted by Crippen LogP contribution is -2.36. The highest BCUT2D eigenvalue weighted by atomic mass is 19.1. The number of pyridine rings is 1. The van der Waals surface area contributed by atoms with E-state index >= 15 is 0 Å². The van der Waals surface area contributed by atoms with Gasteiger partial charge in [0.05, 0.1) is 18.9 Å². The van der Waals surface area contributed by atoms with E-state index in [4.69, 9.17) is 4.74 Å². The number of halogens is 2. The molecule has 0 aliphatic carbocycles. The van der Waals surface area contributed by atoms with Gasteiger partial charge in [-0.25, -0.2) is 8.78 Å². The van der Waals surface area contributed by atoms with Crippen molar-refractivity contribution in [3.63, 3.8) is 0 Å². The predicted molar refractivity (Wildman–Crippen MR) is 69.4 cm³/mol. The lowest BCUT2D eigenvalue weighted by Gasteiger charge is -2.29. The Labute approximate surface area is 109 Å². The molecule has 0 saturated carbocycles. The number of fused-ring (bicyclic) bond motifs is 1. The Kier molecular flexibility index (Phi) is 3.06. The van der Waals surface area contributed by atoms with Crippen LogP contribution in [-0.4, -0.2) is 31.3 Å². The van der Waals surface area contributed by atoms with E-state index < -0.39 is 11.6 Å². The number of morpholine rings is 1. The van der Waals surface area contributed by atoms with Gasteiger partial charge in [0.1, 0.15) is 11.3 Å². The van der Waals surface area contributed by atoms with Crippen LogP contribution >= 0.6 is 0 Å². The van der Waals surface area contributed by atoms with E-state index in [0.29, 0.717) is 31.9 Å². The van der Waals surface area contributed by atoms with Crippen LogP contribution in [0.25, 0.3) is 10.9 Å². The summed E-state index contributed by atoms with van der Waals surface area (Å²) in [6.45, 7) is 3.93. The number of benzene rings is 1. The average molecular weight is 264 g/mol. The van der Waals surface area contributed by atoms with Crippen molar-refractivity contribution < 1.29 is 13.5 Å². The Morgan fingerprint density at radius 2 is 2.00 bits per heavy atom. The molecular weight excluding hydrogens is 250 g/mol. The van der Waals surface area contributed by atoms with Crippen LogP contribution in [0.1, 0.15) is 5.56 Å². The van der Waals surface area contributed by atoms with Crippen molar-refractivity contribution in [1.82, 2.24) is 4.98 Å². The monoisotopic (exact) mass is 264 g/mol. The molecule has 19 heavy (non-hydrogen) atoms. The number of rotatable bonds is 1. The maximum Gasteiger partial charge on any atom is 0.172 e. The van der Waals surface area contributed by atoms with Crippen LogP contribution in [0.2, 0.25) is 0 Å². The lowest BCUT2D eigenvalue weighted by molar-refractivity contribution is 0.122. The molecule has 2 aromatic rings. The highest BCUT2D eigenvalue weighted by Gasteiger charge is 2.20. The van der Waals surface area contributed by atoms with Gasteiger partial charge in [0.2, 0.25) is 0 Å². The number of ether oxygens (including phenoxy) is 1. The van der Waals surface area contributed by atoms with Gasteiger partial charge in [-0.15, -0.1) is 0 Å². The Bertz CT molecular complexity index is 624. The summed E-state index contributed by atoms with van der Waals surface area (Å²) in [7, 11) is 0. The number of hydrogen-bond donors (Lipinski definition) is 0. The summed E-state index contributed by atoms with van der Waals surface area (Å²) >= 11 is 0. The van der Waals surface area contributed by atoms with Crippen LogP contribution in [0.5, 0.6) is 0 Å². The molecule has 0 radical (unpaired) electrons. The van der Waals surface area contributed by atoms with Gasteiger partial charge < -0.3 is 9.64 Å². The zero-order valence-corrected chi connectivity index (χ0v) is 10.6. The maximum absolute atomic E-state index is 14.5. The molecule has 5 heteroatoms. The van der Waals surface area contributed by atoms with Gasteiger partial charge in [0.25, 0.3) is 0 Å². The summed E-state index contributed by atoms with van der Waals surface area (Å²) in [5.41, 5.74) is 1.06. The molecule has 1 aromatic heterocycles. The van der Waals surface area contributed by atoms with E-state index in [1.165, 1.54) is 12.3 Å². The van der Waals surface area contributed by atoms with Gasteiger partial charge in [-0.2, -0.15) is 0 Å². The van der Waals surface area contributed by atoms with Crippen LogP contribution in [-0.2, 0) is 4.74 Å². The molecule has 0 unspecified atom stereocenters. The largest absolute Gasteiger partial charge is 0.378 e. The summed E-state index contributed by atoms with van der Waals surface area (Å²) in [6.07, 6.45) is 1.50. The predicted octanol–water partition coefficient (Wildman–Crippen LogP) is 2.66. The van der Waals surface area contributed by atoms with Crippen molar-refractivity contribution in [3.05, 3.63) is 35.5 Å². The molecule has 2 heterocycles. The zero-order valence-electron chi connectivity index (χ0n) is 10.6. The number of aryl methyl sites for hydroxylation is 1. The molecular formula is C14H14F2N2O. The summed E-state index contributed by atoms with van der Waals surface area (Å²) in [6, 6.07) is 2.94. The van der Waals surface area contributed by atoms with Gasteiger partial charge in [-0.05, 0) is 18.6 Å². The summed E-state index contributed by atoms with van der Waals surface area (Å²) in [5, 5.41) is 0.261. The van der Waals surface area contributed by atoms with Gasteiger partial charge in [0.15, 0.2) is 5.82 Å². The Balaban J connectivity index is 2.19. The third kappa shape index (κ3) is 2.04. The second kappa shape index (κ2) is 4.74. The average Bonchev–Trinajstić information content (AvgIpc) is 2.43. The SMILES string of the molecule is Cc1ccnc2c(F)c(N3CCOCC3)cc(F)c12. The molecule has 100 valence electrons. The number of nitrogens with zero attached hydrogens (tertiary/aromatic N) is 2. The van der Waals surface area contributed by atoms with Gasteiger partial charge in [-0.1, -0.05) is 0 Å². The Hall–Kier alpha value is -1.75. The normalized spacial score (nSPS) is 16.1. The third-order valence-corrected chi connectivity index (χ3v) is 3.45. The summed E-state index contributed by atoms with van der Waals surface area (Å²) in [4.78, 5) is 5.78. The van der Waals surface area contributed by atoms with E-state index in [1.807, 2.05) is 0 Å². The molecule has 1 fully saturated rings. The molecule has 0 bridgehead atoms. The number of anilines is 1. The van der Waals surface area contributed by atoms with Gasteiger partial charge in [-0.3, -0.25) is 4.98 Å². The molecule has 1 aliphatic rings. The van der Waals surface area contributed by atoms with Crippen LogP contribution in [0.3, 0.4) is 0 Å². The fraction of sp³-hybridized carbons (Fsp3) is 0.357. The van der Waals surface area contributed by atoms with Gasteiger partial charge in [0, 0.05) is 30.7 Å². The minimum absolute atomic E-state index is 0.0986. The first-order chi connectivity index (χ1) is 9.18. The molecule has 1 saturated heterocycles. The maximum atomic E-state index is 14.5. The quantitative estimate of drug-likeness (QED) is 0.791. The molecule has 1 aliphatic heterocycles. The van der Waals surface area contributed by atoms with Crippen molar-refractivity contribution in [3.8, 4) is 0 Å². The molecule has 1 aromatic carbocycles. The van der Waals surface area contributed by atoms with Crippen LogP contribution in [0, 0.1) is 18.6 Å². The second-order valence-corrected chi connectivity index (χ2v) is 4.64. The first-order valence-electron chi connectivity index (χ1n) is 6.24. The number of hydrogen-bond acceptors (Lipinski definition) is 3. The molecule has 3 rings (SSSR count). The highest BCUT2D eigenvalue weighted by molar-refractivity contribution is 5.86. The first-order valence-corrected chi connectivity index (χ1v) is 6.24. The van der Waals surface area contributed by atoms with E-state index in [1.54, 1.807) is 17.9 Å².